The van der Waals surface area contributed by atoms with Gasteiger partial charge in [0.05, 0.1) is 5.56 Å². The van der Waals surface area contributed by atoms with Gasteiger partial charge in [0, 0.05) is 5.56 Å². The Morgan fingerprint density at radius 1 is 1.05 bits per heavy atom. The predicted molar refractivity (Wildman–Crippen MR) is 72.6 cm³/mol. The number of benzene rings is 2. The number of aryl methyl sites for hydroxylation is 1. The number of hydrogen-bond donors (Lipinski definition) is 0. The Hall–Kier alpha value is -2.42. The fourth-order valence-corrected chi connectivity index (χ4v) is 1.66. The zero-order chi connectivity index (χ0) is 13.7. The van der Waals surface area contributed by atoms with E-state index in [1.807, 2.05) is 12.1 Å². The number of aldehydes is 1. The topological polar surface area (TPSA) is 43.4 Å². The lowest BCUT2D eigenvalue weighted by molar-refractivity contribution is 0.0734. The third-order valence-corrected chi connectivity index (χ3v) is 2.82. The third-order valence-electron chi connectivity index (χ3n) is 2.82. The quantitative estimate of drug-likeness (QED) is 0.477. The zero-order valence-electron chi connectivity index (χ0n) is 10.6. The number of rotatable bonds is 4. The summed E-state index contributed by atoms with van der Waals surface area (Å²) in [5.41, 5.74) is 2.14. The lowest BCUT2D eigenvalue weighted by Crippen LogP contribution is -2.08. The molecule has 96 valence electrons. The lowest BCUT2D eigenvalue weighted by atomic mass is 10.1. The minimum Gasteiger partial charge on any atom is -0.423 e. The maximum absolute atomic E-state index is 11.9. The van der Waals surface area contributed by atoms with Crippen molar-refractivity contribution in [2.45, 2.75) is 13.3 Å². The molecular weight excluding hydrogens is 240 g/mol. The van der Waals surface area contributed by atoms with E-state index in [1.165, 1.54) is 5.56 Å². The van der Waals surface area contributed by atoms with Gasteiger partial charge in [0.25, 0.3) is 0 Å². The van der Waals surface area contributed by atoms with E-state index in [4.69, 9.17) is 4.74 Å². The Balaban J connectivity index is 2.08. The molecule has 0 unspecified atom stereocenters. The van der Waals surface area contributed by atoms with Crippen molar-refractivity contribution in [1.82, 2.24) is 0 Å². The van der Waals surface area contributed by atoms with E-state index in [-0.39, 0.29) is 0 Å². The maximum atomic E-state index is 11.9. The summed E-state index contributed by atoms with van der Waals surface area (Å²) < 4.78 is 5.25. The van der Waals surface area contributed by atoms with Crippen LogP contribution in [0.5, 0.6) is 5.75 Å². The zero-order valence-corrected chi connectivity index (χ0v) is 10.6. The molecule has 0 aliphatic heterocycles. The minimum atomic E-state index is -0.429. The van der Waals surface area contributed by atoms with Crippen LogP contribution in [-0.4, -0.2) is 12.3 Å². The SMILES string of the molecule is CCc1ccc(OC(=O)c2ccc(C=O)cc2)cc1. The molecule has 0 saturated heterocycles. The van der Waals surface area contributed by atoms with Crippen LogP contribution >= 0.6 is 0 Å². The van der Waals surface area contributed by atoms with Crippen LogP contribution in [0.2, 0.25) is 0 Å². The summed E-state index contributed by atoms with van der Waals surface area (Å²) in [6.45, 7) is 2.07. The average Bonchev–Trinajstić information content (AvgIpc) is 2.48. The molecule has 0 bridgehead atoms. The second-order valence-corrected chi connectivity index (χ2v) is 4.13. The number of hydrogen-bond acceptors (Lipinski definition) is 3. The van der Waals surface area contributed by atoms with Gasteiger partial charge in [-0.3, -0.25) is 4.79 Å². The first-order valence-corrected chi connectivity index (χ1v) is 6.09. The van der Waals surface area contributed by atoms with Crippen molar-refractivity contribution in [3.8, 4) is 5.75 Å². The number of carbonyl (C=O) groups is 2. The smallest absolute Gasteiger partial charge is 0.343 e. The maximum Gasteiger partial charge on any atom is 0.343 e. The molecular formula is C16H14O3. The first-order valence-electron chi connectivity index (χ1n) is 6.09. The molecule has 2 aromatic rings. The first-order chi connectivity index (χ1) is 9.22. The molecule has 0 radical (unpaired) electrons. The Morgan fingerprint density at radius 3 is 2.21 bits per heavy atom. The fraction of sp³-hybridized carbons (Fsp3) is 0.125. The van der Waals surface area contributed by atoms with Crippen LogP contribution in [0.25, 0.3) is 0 Å². The normalized spacial score (nSPS) is 9.95. The molecule has 0 spiro atoms. The second kappa shape index (κ2) is 5.96. The van der Waals surface area contributed by atoms with Crippen molar-refractivity contribution in [2.24, 2.45) is 0 Å². The summed E-state index contributed by atoms with van der Waals surface area (Å²) in [7, 11) is 0. The van der Waals surface area contributed by atoms with Crippen LogP contribution in [0, 0.1) is 0 Å². The van der Waals surface area contributed by atoms with Gasteiger partial charge in [-0.05, 0) is 36.2 Å². The van der Waals surface area contributed by atoms with Crippen LogP contribution in [0.15, 0.2) is 48.5 Å². The van der Waals surface area contributed by atoms with Crippen molar-refractivity contribution >= 4 is 12.3 Å². The van der Waals surface area contributed by atoms with Crippen molar-refractivity contribution in [1.29, 1.82) is 0 Å². The molecule has 0 N–H and O–H groups in total. The van der Waals surface area contributed by atoms with Crippen molar-refractivity contribution in [2.75, 3.05) is 0 Å². The van der Waals surface area contributed by atoms with Crippen LogP contribution in [0.3, 0.4) is 0 Å². The summed E-state index contributed by atoms with van der Waals surface area (Å²) in [6.07, 6.45) is 1.68. The predicted octanol–water partition coefficient (Wildman–Crippen LogP) is 3.28. The van der Waals surface area contributed by atoms with Gasteiger partial charge in [-0.1, -0.05) is 31.2 Å². The monoisotopic (exact) mass is 254 g/mol. The van der Waals surface area contributed by atoms with Crippen LogP contribution in [0.1, 0.15) is 33.2 Å². The van der Waals surface area contributed by atoms with Crippen molar-refractivity contribution in [3.05, 3.63) is 65.2 Å². The highest BCUT2D eigenvalue weighted by Crippen LogP contribution is 2.14. The summed E-state index contributed by atoms with van der Waals surface area (Å²) in [4.78, 5) is 22.4. The summed E-state index contributed by atoms with van der Waals surface area (Å²) in [5, 5.41) is 0. The van der Waals surface area contributed by atoms with Gasteiger partial charge >= 0.3 is 5.97 Å². The van der Waals surface area contributed by atoms with Gasteiger partial charge in [-0.2, -0.15) is 0 Å². The minimum absolute atomic E-state index is 0.421. The highest BCUT2D eigenvalue weighted by Gasteiger charge is 2.08. The molecule has 0 amide bonds. The van der Waals surface area contributed by atoms with Crippen LogP contribution in [-0.2, 0) is 6.42 Å². The summed E-state index contributed by atoms with van der Waals surface area (Å²) >= 11 is 0. The summed E-state index contributed by atoms with van der Waals surface area (Å²) in [5.74, 6) is 0.0864. The molecule has 0 atom stereocenters. The van der Waals surface area contributed by atoms with E-state index >= 15 is 0 Å². The molecule has 19 heavy (non-hydrogen) atoms. The molecule has 0 aliphatic carbocycles. The van der Waals surface area contributed by atoms with E-state index in [1.54, 1.807) is 36.4 Å². The average molecular weight is 254 g/mol. The molecule has 0 saturated carbocycles. The van der Waals surface area contributed by atoms with Crippen molar-refractivity contribution in [3.63, 3.8) is 0 Å². The Morgan fingerprint density at radius 2 is 1.68 bits per heavy atom. The molecule has 0 heterocycles. The van der Waals surface area contributed by atoms with Gasteiger partial charge < -0.3 is 4.74 Å². The highest BCUT2D eigenvalue weighted by atomic mass is 16.5. The lowest BCUT2D eigenvalue weighted by Gasteiger charge is -2.05. The van der Waals surface area contributed by atoms with Gasteiger partial charge in [-0.15, -0.1) is 0 Å². The van der Waals surface area contributed by atoms with Gasteiger partial charge in [-0.25, -0.2) is 4.79 Å². The fourth-order valence-electron chi connectivity index (χ4n) is 1.66. The highest BCUT2D eigenvalue weighted by molar-refractivity contribution is 5.91. The standard InChI is InChI=1S/C16H14O3/c1-2-12-5-9-15(10-6-12)19-16(18)14-7-3-13(11-17)4-8-14/h3-11H,2H2,1H3. The number of ether oxygens (including phenoxy) is 1. The molecule has 2 rings (SSSR count). The van der Waals surface area contributed by atoms with Crippen LogP contribution < -0.4 is 4.74 Å². The molecule has 0 fully saturated rings. The van der Waals surface area contributed by atoms with E-state index in [0.29, 0.717) is 16.9 Å². The molecule has 3 heteroatoms. The molecule has 3 nitrogen and oxygen atoms in total. The van der Waals surface area contributed by atoms with Crippen molar-refractivity contribution < 1.29 is 14.3 Å². The second-order valence-electron chi connectivity index (χ2n) is 4.13. The Kier molecular flexibility index (Phi) is 4.08. The largest absolute Gasteiger partial charge is 0.423 e. The number of esters is 1. The van der Waals surface area contributed by atoms with E-state index in [2.05, 4.69) is 6.92 Å². The van der Waals surface area contributed by atoms with Gasteiger partial charge in [0.1, 0.15) is 12.0 Å². The molecule has 0 aliphatic rings. The van der Waals surface area contributed by atoms with Gasteiger partial charge in [0.15, 0.2) is 0 Å². The van der Waals surface area contributed by atoms with E-state index < -0.39 is 5.97 Å². The Labute approximate surface area is 111 Å². The van der Waals surface area contributed by atoms with Crippen LogP contribution in [0.4, 0.5) is 0 Å². The Bertz CT molecular complexity index is 568. The molecule has 2 aromatic carbocycles. The van der Waals surface area contributed by atoms with Gasteiger partial charge in [0.2, 0.25) is 0 Å². The third kappa shape index (κ3) is 3.28. The summed E-state index contributed by atoms with van der Waals surface area (Å²) in [6, 6.07) is 13.7. The van der Waals surface area contributed by atoms with E-state index in [0.717, 1.165) is 12.7 Å². The number of carbonyl (C=O) groups excluding carboxylic acids is 2. The first kappa shape index (κ1) is 13.0. The van der Waals surface area contributed by atoms with E-state index in [9.17, 15) is 9.59 Å². The molecule has 0 aromatic heterocycles.